The standard InChI is InChI=1S/C17H27NO3/c1-5-18-15(14-8-9-21-12(14)2)10-13-6-7-16(19-3)17(11-13)20-4/h6-7,11-12,14-15,18H,5,8-10H2,1-4H3. The lowest BCUT2D eigenvalue weighted by Gasteiger charge is -2.27. The van der Waals surface area contributed by atoms with Crippen LogP contribution in [0.3, 0.4) is 0 Å². The lowest BCUT2D eigenvalue weighted by molar-refractivity contribution is 0.0956. The van der Waals surface area contributed by atoms with Gasteiger partial charge >= 0.3 is 0 Å². The van der Waals surface area contributed by atoms with Crippen molar-refractivity contribution < 1.29 is 14.2 Å². The fourth-order valence-corrected chi connectivity index (χ4v) is 3.18. The Hall–Kier alpha value is -1.26. The van der Waals surface area contributed by atoms with Gasteiger partial charge in [0.25, 0.3) is 0 Å². The summed E-state index contributed by atoms with van der Waals surface area (Å²) < 4.78 is 16.4. The molecule has 1 fully saturated rings. The fourth-order valence-electron chi connectivity index (χ4n) is 3.18. The zero-order valence-electron chi connectivity index (χ0n) is 13.5. The van der Waals surface area contributed by atoms with Crippen LogP contribution in [0, 0.1) is 5.92 Å². The molecule has 4 heteroatoms. The van der Waals surface area contributed by atoms with Crippen molar-refractivity contribution in [2.24, 2.45) is 5.92 Å². The van der Waals surface area contributed by atoms with E-state index in [9.17, 15) is 0 Å². The van der Waals surface area contributed by atoms with Crippen LogP contribution in [0.4, 0.5) is 0 Å². The summed E-state index contributed by atoms with van der Waals surface area (Å²) in [6, 6.07) is 6.60. The van der Waals surface area contributed by atoms with Gasteiger partial charge in [-0.15, -0.1) is 0 Å². The van der Waals surface area contributed by atoms with Gasteiger partial charge in [-0.25, -0.2) is 0 Å². The van der Waals surface area contributed by atoms with Gasteiger partial charge in [-0.1, -0.05) is 13.0 Å². The Labute approximate surface area is 127 Å². The molecule has 2 rings (SSSR count). The second kappa shape index (κ2) is 7.66. The number of hydrogen-bond donors (Lipinski definition) is 1. The van der Waals surface area contributed by atoms with Crippen molar-refractivity contribution in [2.75, 3.05) is 27.4 Å². The van der Waals surface area contributed by atoms with E-state index in [-0.39, 0.29) is 0 Å². The van der Waals surface area contributed by atoms with Crippen molar-refractivity contribution in [1.82, 2.24) is 5.32 Å². The fraction of sp³-hybridized carbons (Fsp3) is 0.647. The van der Waals surface area contributed by atoms with Crippen molar-refractivity contribution in [3.63, 3.8) is 0 Å². The summed E-state index contributed by atoms with van der Waals surface area (Å²) in [6.45, 7) is 6.18. The Morgan fingerprint density at radius 2 is 2.05 bits per heavy atom. The Morgan fingerprint density at radius 1 is 1.29 bits per heavy atom. The maximum absolute atomic E-state index is 5.73. The third kappa shape index (κ3) is 3.89. The van der Waals surface area contributed by atoms with Gasteiger partial charge in [0, 0.05) is 18.6 Å². The molecule has 0 aromatic heterocycles. The van der Waals surface area contributed by atoms with Gasteiger partial charge in [-0.3, -0.25) is 0 Å². The zero-order chi connectivity index (χ0) is 15.2. The molecule has 4 nitrogen and oxygen atoms in total. The van der Waals surface area contributed by atoms with E-state index in [2.05, 4.69) is 31.3 Å². The van der Waals surface area contributed by atoms with Crippen molar-refractivity contribution in [3.05, 3.63) is 23.8 Å². The number of rotatable bonds is 7. The molecule has 3 atom stereocenters. The maximum atomic E-state index is 5.73. The first-order chi connectivity index (χ1) is 10.2. The van der Waals surface area contributed by atoms with Gasteiger partial charge in [0.15, 0.2) is 11.5 Å². The topological polar surface area (TPSA) is 39.7 Å². The molecule has 0 bridgehead atoms. The number of ether oxygens (including phenoxy) is 3. The van der Waals surface area contributed by atoms with Gasteiger partial charge in [0.1, 0.15) is 0 Å². The summed E-state index contributed by atoms with van der Waals surface area (Å²) in [5.41, 5.74) is 1.26. The van der Waals surface area contributed by atoms with E-state index < -0.39 is 0 Å². The highest BCUT2D eigenvalue weighted by Gasteiger charge is 2.31. The number of methoxy groups -OCH3 is 2. The number of benzene rings is 1. The molecule has 1 saturated heterocycles. The summed E-state index contributed by atoms with van der Waals surface area (Å²) >= 11 is 0. The molecular formula is C17H27NO3. The largest absolute Gasteiger partial charge is 0.493 e. The Kier molecular flexibility index (Phi) is 5.88. The van der Waals surface area contributed by atoms with Crippen LogP contribution in [0.15, 0.2) is 18.2 Å². The predicted octanol–water partition coefficient (Wildman–Crippen LogP) is 2.65. The third-order valence-electron chi connectivity index (χ3n) is 4.32. The number of nitrogens with one attached hydrogen (secondary N) is 1. The second-order valence-corrected chi connectivity index (χ2v) is 5.59. The second-order valence-electron chi connectivity index (χ2n) is 5.59. The normalized spacial score (nSPS) is 23.0. The number of hydrogen-bond acceptors (Lipinski definition) is 4. The van der Waals surface area contributed by atoms with Crippen LogP contribution in [0.5, 0.6) is 11.5 Å². The van der Waals surface area contributed by atoms with Gasteiger partial charge in [-0.2, -0.15) is 0 Å². The van der Waals surface area contributed by atoms with E-state index in [0.717, 1.165) is 37.5 Å². The zero-order valence-corrected chi connectivity index (χ0v) is 13.5. The quantitative estimate of drug-likeness (QED) is 0.839. The highest BCUT2D eigenvalue weighted by Crippen LogP contribution is 2.30. The van der Waals surface area contributed by atoms with Gasteiger partial charge < -0.3 is 19.5 Å². The first kappa shape index (κ1) is 16.1. The van der Waals surface area contributed by atoms with Crippen molar-refractivity contribution in [1.29, 1.82) is 0 Å². The highest BCUT2D eigenvalue weighted by atomic mass is 16.5. The summed E-state index contributed by atoms with van der Waals surface area (Å²) in [4.78, 5) is 0. The molecule has 1 heterocycles. The molecule has 0 saturated carbocycles. The summed E-state index contributed by atoms with van der Waals surface area (Å²) in [7, 11) is 3.34. The third-order valence-corrected chi connectivity index (χ3v) is 4.32. The molecule has 118 valence electrons. The van der Waals surface area contributed by atoms with Crippen LogP contribution in [0.2, 0.25) is 0 Å². The monoisotopic (exact) mass is 293 g/mol. The lowest BCUT2D eigenvalue weighted by atomic mass is 9.88. The molecule has 1 N–H and O–H groups in total. The Morgan fingerprint density at radius 3 is 2.62 bits per heavy atom. The molecular weight excluding hydrogens is 266 g/mol. The van der Waals surface area contributed by atoms with Crippen LogP contribution in [0.1, 0.15) is 25.8 Å². The van der Waals surface area contributed by atoms with E-state index >= 15 is 0 Å². The maximum Gasteiger partial charge on any atom is 0.160 e. The first-order valence-corrected chi connectivity index (χ1v) is 7.75. The minimum Gasteiger partial charge on any atom is -0.493 e. The van der Waals surface area contributed by atoms with Crippen LogP contribution in [-0.2, 0) is 11.2 Å². The molecule has 21 heavy (non-hydrogen) atoms. The van der Waals surface area contributed by atoms with Gasteiger partial charge in [-0.05, 0) is 44.0 Å². The summed E-state index contributed by atoms with van der Waals surface area (Å²) in [6.07, 6.45) is 2.44. The summed E-state index contributed by atoms with van der Waals surface area (Å²) in [5, 5.41) is 3.62. The van der Waals surface area contributed by atoms with Gasteiger partial charge in [0.05, 0.1) is 20.3 Å². The van der Waals surface area contributed by atoms with Crippen LogP contribution < -0.4 is 14.8 Å². The van der Waals surface area contributed by atoms with Gasteiger partial charge in [0.2, 0.25) is 0 Å². The van der Waals surface area contributed by atoms with Crippen LogP contribution in [0.25, 0.3) is 0 Å². The molecule has 1 aromatic carbocycles. The lowest BCUT2D eigenvalue weighted by Crippen LogP contribution is -2.40. The molecule has 1 aliphatic rings. The molecule has 3 unspecified atom stereocenters. The minimum absolute atomic E-state index is 0.328. The SMILES string of the molecule is CCNC(Cc1ccc(OC)c(OC)c1)C1CCOC1C. The smallest absolute Gasteiger partial charge is 0.160 e. The van der Waals surface area contributed by atoms with Crippen molar-refractivity contribution in [3.8, 4) is 11.5 Å². The summed E-state index contributed by atoms with van der Waals surface area (Å²) in [5.74, 6) is 2.14. The highest BCUT2D eigenvalue weighted by molar-refractivity contribution is 5.43. The van der Waals surface area contributed by atoms with E-state index in [4.69, 9.17) is 14.2 Å². The van der Waals surface area contributed by atoms with E-state index in [1.165, 1.54) is 5.56 Å². The Balaban J connectivity index is 2.12. The van der Waals surface area contributed by atoms with E-state index in [1.807, 2.05) is 6.07 Å². The average molecular weight is 293 g/mol. The van der Waals surface area contributed by atoms with Crippen LogP contribution >= 0.6 is 0 Å². The molecule has 1 aromatic rings. The van der Waals surface area contributed by atoms with E-state index in [0.29, 0.717) is 18.1 Å². The Bertz CT molecular complexity index is 450. The molecule has 0 radical (unpaired) electrons. The first-order valence-electron chi connectivity index (χ1n) is 7.75. The average Bonchev–Trinajstić information content (AvgIpc) is 2.92. The van der Waals surface area contributed by atoms with Crippen molar-refractivity contribution >= 4 is 0 Å². The molecule has 0 spiro atoms. The van der Waals surface area contributed by atoms with Crippen molar-refractivity contribution in [2.45, 2.75) is 38.8 Å². The molecule has 1 aliphatic heterocycles. The number of likely N-dealkylation sites (N-methyl/N-ethyl adjacent to an activating group) is 1. The minimum atomic E-state index is 0.328. The van der Waals surface area contributed by atoms with E-state index in [1.54, 1.807) is 14.2 Å². The molecule has 0 aliphatic carbocycles. The molecule has 0 amide bonds. The van der Waals surface area contributed by atoms with Crippen LogP contribution in [-0.4, -0.2) is 39.5 Å². The predicted molar refractivity (Wildman–Crippen MR) is 84.2 cm³/mol.